The Hall–Kier alpha value is -1.32. The lowest BCUT2D eigenvalue weighted by Crippen LogP contribution is -2.46. The first-order valence-corrected chi connectivity index (χ1v) is 4.62. The normalized spacial score (nSPS) is 17.3. The van der Waals surface area contributed by atoms with Crippen molar-refractivity contribution in [2.75, 3.05) is 0 Å². The molecule has 0 aromatic carbocycles. The monoisotopic (exact) mass is 197 g/mol. The average Bonchev–Trinajstić information content (AvgIpc) is 2.79. The van der Waals surface area contributed by atoms with Gasteiger partial charge in [0.2, 0.25) is 5.91 Å². The van der Waals surface area contributed by atoms with E-state index in [1.54, 1.807) is 6.92 Å². The SMILES string of the molecule is C=C(C)C(C(=O)O)N(C(C)=O)C1CC1. The Kier molecular flexibility index (Phi) is 2.93. The van der Waals surface area contributed by atoms with Crippen LogP contribution in [0.3, 0.4) is 0 Å². The Bertz CT molecular complexity index is 267. The Morgan fingerprint density at radius 3 is 2.14 bits per heavy atom. The van der Waals surface area contributed by atoms with Gasteiger partial charge in [-0.2, -0.15) is 0 Å². The highest BCUT2D eigenvalue weighted by Crippen LogP contribution is 2.30. The fourth-order valence-corrected chi connectivity index (χ4v) is 1.57. The standard InChI is InChI=1S/C10H15NO3/c1-6(2)9(10(13)14)11(7(3)12)8-4-5-8/h8-9H,1,4-5H2,2-3H3,(H,13,14). The zero-order chi connectivity index (χ0) is 10.9. The van der Waals surface area contributed by atoms with Crippen LogP contribution in [0.1, 0.15) is 26.7 Å². The van der Waals surface area contributed by atoms with E-state index in [0.29, 0.717) is 5.57 Å². The summed E-state index contributed by atoms with van der Waals surface area (Å²) in [6, 6.07) is -0.759. The molecule has 78 valence electrons. The van der Waals surface area contributed by atoms with Gasteiger partial charge in [0.25, 0.3) is 0 Å². The summed E-state index contributed by atoms with van der Waals surface area (Å²) in [7, 11) is 0. The lowest BCUT2D eigenvalue weighted by molar-refractivity contribution is -0.148. The van der Waals surface area contributed by atoms with Crippen LogP contribution >= 0.6 is 0 Å². The minimum absolute atomic E-state index is 0.102. The number of aliphatic carboxylic acids is 1. The summed E-state index contributed by atoms with van der Waals surface area (Å²) in [6.07, 6.45) is 1.80. The molecule has 4 heteroatoms. The minimum atomic E-state index is -1.00. The van der Waals surface area contributed by atoms with E-state index in [9.17, 15) is 9.59 Å². The van der Waals surface area contributed by atoms with Gasteiger partial charge in [-0.1, -0.05) is 6.58 Å². The molecule has 1 unspecified atom stereocenters. The molecule has 1 rings (SSSR count). The molecular formula is C10H15NO3. The Morgan fingerprint density at radius 1 is 1.43 bits per heavy atom. The number of hydrogen-bond acceptors (Lipinski definition) is 2. The highest BCUT2D eigenvalue weighted by Gasteiger charge is 2.39. The molecule has 1 N–H and O–H groups in total. The third-order valence-corrected chi connectivity index (χ3v) is 2.28. The number of carbonyl (C=O) groups is 2. The summed E-state index contributed by atoms with van der Waals surface area (Å²) >= 11 is 0. The molecule has 0 aromatic rings. The lowest BCUT2D eigenvalue weighted by atomic mass is 10.1. The number of hydrogen-bond donors (Lipinski definition) is 1. The van der Waals surface area contributed by atoms with Gasteiger partial charge < -0.3 is 10.0 Å². The second-order valence-corrected chi connectivity index (χ2v) is 3.74. The van der Waals surface area contributed by atoms with Gasteiger partial charge in [-0.15, -0.1) is 0 Å². The molecule has 1 saturated carbocycles. The predicted molar refractivity (Wildman–Crippen MR) is 51.8 cm³/mol. The van der Waals surface area contributed by atoms with E-state index in [2.05, 4.69) is 6.58 Å². The first kappa shape index (κ1) is 10.8. The molecule has 0 aliphatic heterocycles. The van der Waals surface area contributed by atoms with Gasteiger partial charge in [0.1, 0.15) is 0 Å². The highest BCUT2D eigenvalue weighted by atomic mass is 16.4. The Labute approximate surface area is 83.2 Å². The first-order chi connectivity index (χ1) is 6.45. The zero-order valence-electron chi connectivity index (χ0n) is 8.49. The smallest absolute Gasteiger partial charge is 0.330 e. The fraction of sp³-hybridized carbons (Fsp3) is 0.600. The molecular weight excluding hydrogens is 182 g/mol. The number of nitrogens with zero attached hydrogens (tertiary/aromatic N) is 1. The van der Waals surface area contributed by atoms with E-state index in [1.165, 1.54) is 11.8 Å². The maximum atomic E-state index is 11.3. The van der Waals surface area contributed by atoms with E-state index in [1.807, 2.05) is 0 Å². The van der Waals surface area contributed by atoms with Gasteiger partial charge in [0, 0.05) is 13.0 Å². The quantitative estimate of drug-likeness (QED) is 0.685. The van der Waals surface area contributed by atoms with Crippen LogP contribution in [-0.2, 0) is 9.59 Å². The zero-order valence-corrected chi connectivity index (χ0v) is 8.49. The van der Waals surface area contributed by atoms with Gasteiger partial charge in [-0.05, 0) is 25.3 Å². The Balaban J connectivity index is 2.87. The van der Waals surface area contributed by atoms with Crippen LogP contribution in [0.4, 0.5) is 0 Å². The molecule has 1 amide bonds. The van der Waals surface area contributed by atoms with Gasteiger partial charge in [0.15, 0.2) is 6.04 Å². The molecule has 0 spiro atoms. The van der Waals surface area contributed by atoms with Crippen molar-refractivity contribution in [3.63, 3.8) is 0 Å². The highest BCUT2D eigenvalue weighted by molar-refractivity contribution is 5.85. The molecule has 1 aliphatic carbocycles. The Morgan fingerprint density at radius 2 is 1.93 bits per heavy atom. The fourth-order valence-electron chi connectivity index (χ4n) is 1.57. The maximum Gasteiger partial charge on any atom is 0.330 e. The average molecular weight is 197 g/mol. The van der Waals surface area contributed by atoms with Crippen LogP contribution in [0.25, 0.3) is 0 Å². The molecule has 1 aliphatic rings. The van der Waals surface area contributed by atoms with E-state index in [4.69, 9.17) is 5.11 Å². The molecule has 4 nitrogen and oxygen atoms in total. The van der Waals surface area contributed by atoms with E-state index >= 15 is 0 Å². The van der Waals surface area contributed by atoms with E-state index in [-0.39, 0.29) is 11.9 Å². The molecule has 14 heavy (non-hydrogen) atoms. The van der Waals surface area contributed by atoms with Gasteiger partial charge in [-0.25, -0.2) is 4.79 Å². The van der Waals surface area contributed by atoms with Crippen LogP contribution in [-0.4, -0.2) is 34.0 Å². The molecule has 0 radical (unpaired) electrons. The third-order valence-electron chi connectivity index (χ3n) is 2.28. The maximum absolute atomic E-state index is 11.3. The minimum Gasteiger partial charge on any atom is -0.479 e. The van der Waals surface area contributed by atoms with Crippen LogP contribution in [0, 0.1) is 0 Å². The van der Waals surface area contributed by atoms with Crippen molar-refractivity contribution in [2.45, 2.75) is 38.8 Å². The van der Waals surface area contributed by atoms with Crippen LogP contribution < -0.4 is 0 Å². The summed E-state index contributed by atoms with van der Waals surface area (Å²) in [4.78, 5) is 23.7. The van der Waals surface area contributed by atoms with Crippen molar-refractivity contribution in [3.05, 3.63) is 12.2 Å². The predicted octanol–water partition coefficient (Wildman–Crippen LogP) is 1.03. The molecule has 0 heterocycles. The first-order valence-electron chi connectivity index (χ1n) is 4.62. The van der Waals surface area contributed by atoms with Crippen LogP contribution in [0.15, 0.2) is 12.2 Å². The van der Waals surface area contributed by atoms with E-state index < -0.39 is 12.0 Å². The van der Waals surface area contributed by atoms with E-state index in [0.717, 1.165) is 12.8 Å². The van der Waals surface area contributed by atoms with Gasteiger partial charge >= 0.3 is 5.97 Å². The summed E-state index contributed by atoms with van der Waals surface area (Å²) in [6.45, 7) is 6.65. The number of carboxylic acids is 1. The summed E-state index contributed by atoms with van der Waals surface area (Å²) < 4.78 is 0. The topological polar surface area (TPSA) is 57.6 Å². The summed E-state index contributed by atoms with van der Waals surface area (Å²) in [5, 5.41) is 8.98. The number of rotatable bonds is 4. The van der Waals surface area contributed by atoms with Gasteiger partial charge in [-0.3, -0.25) is 4.79 Å². The second kappa shape index (κ2) is 3.82. The van der Waals surface area contributed by atoms with Gasteiger partial charge in [0.05, 0.1) is 0 Å². The van der Waals surface area contributed by atoms with Crippen LogP contribution in [0.5, 0.6) is 0 Å². The largest absolute Gasteiger partial charge is 0.479 e. The second-order valence-electron chi connectivity index (χ2n) is 3.74. The molecule has 0 saturated heterocycles. The molecule has 1 fully saturated rings. The lowest BCUT2D eigenvalue weighted by Gasteiger charge is -2.28. The number of amides is 1. The van der Waals surface area contributed by atoms with Crippen molar-refractivity contribution in [2.24, 2.45) is 0 Å². The molecule has 0 aromatic heterocycles. The van der Waals surface area contributed by atoms with Crippen molar-refractivity contribution in [1.29, 1.82) is 0 Å². The molecule has 1 atom stereocenters. The van der Waals surface area contributed by atoms with Crippen molar-refractivity contribution in [1.82, 2.24) is 4.90 Å². The van der Waals surface area contributed by atoms with Crippen molar-refractivity contribution >= 4 is 11.9 Å². The van der Waals surface area contributed by atoms with Crippen LogP contribution in [0.2, 0.25) is 0 Å². The summed E-state index contributed by atoms with van der Waals surface area (Å²) in [5.74, 6) is -1.19. The van der Waals surface area contributed by atoms with Crippen molar-refractivity contribution in [3.8, 4) is 0 Å². The number of carboxylic acid groups (broad SMARTS) is 1. The van der Waals surface area contributed by atoms with Crippen molar-refractivity contribution < 1.29 is 14.7 Å². The summed E-state index contributed by atoms with van der Waals surface area (Å²) in [5.41, 5.74) is 0.500. The molecule has 0 bridgehead atoms. The number of carbonyl (C=O) groups excluding carboxylic acids is 1. The third kappa shape index (κ3) is 2.13.